The third kappa shape index (κ3) is 2.46. The van der Waals surface area contributed by atoms with Crippen LogP contribution in [0.1, 0.15) is 37.5 Å². The summed E-state index contributed by atoms with van der Waals surface area (Å²) in [6.07, 6.45) is 2.47. The SMILES string of the molecule is CCN1CCc2c(CC(C)C)cccc2C1. The second kappa shape index (κ2) is 5.01. The van der Waals surface area contributed by atoms with E-state index >= 15 is 0 Å². The summed E-state index contributed by atoms with van der Waals surface area (Å²) in [6, 6.07) is 6.86. The topological polar surface area (TPSA) is 3.24 Å². The maximum atomic E-state index is 2.53. The van der Waals surface area contributed by atoms with Gasteiger partial charge in [-0.2, -0.15) is 0 Å². The lowest BCUT2D eigenvalue weighted by atomic mass is 9.90. The fourth-order valence-corrected chi connectivity index (χ4v) is 2.65. The molecule has 0 atom stereocenters. The van der Waals surface area contributed by atoms with Crippen LogP contribution in [0.25, 0.3) is 0 Å². The predicted octanol–water partition coefficient (Wildman–Crippen LogP) is 3.26. The van der Waals surface area contributed by atoms with Crippen molar-refractivity contribution in [3.05, 3.63) is 34.9 Å². The summed E-state index contributed by atoms with van der Waals surface area (Å²) >= 11 is 0. The molecule has 0 aromatic heterocycles. The van der Waals surface area contributed by atoms with E-state index in [0.717, 1.165) is 12.5 Å². The molecule has 1 aromatic rings. The average Bonchev–Trinajstić information content (AvgIpc) is 2.28. The van der Waals surface area contributed by atoms with Gasteiger partial charge in [0.15, 0.2) is 0 Å². The molecule has 1 aliphatic rings. The fourth-order valence-electron chi connectivity index (χ4n) is 2.65. The highest BCUT2D eigenvalue weighted by molar-refractivity contribution is 5.37. The normalized spacial score (nSPS) is 16.5. The van der Waals surface area contributed by atoms with Crippen molar-refractivity contribution in [2.24, 2.45) is 5.92 Å². The first kappa shape index (κ1) is 11.7. The number of likely N-dealkylation sites (N-methyl/N-ethyl adjacent to an activating group) is 1. The van der Waals surface area contributed by atoms with E-state index in [1.165, 1.54) is 25.9 Å². The Morgan fingerprint density at radius 1 is 1.31 bits per heavy atom. The molecule has 0 fully saturated rings. The third-order valence-corrected chi connectivity index (χ3v) is 3.52. The first-order chi connectivity index (χ1) is 7.70. The third-order valence-electron chi connectivity index (χ3n) is 3.52. The minimum Gasteiger partial charge on any atom is -0.299 e. The maximum absolute atomic E-state index is 2.53. The van der Waals surface area contributed by atoms with E-state index in [1.807, 2.05) is 0 Å². The van der Waals surface area contributed by atoms with Crippen molar-refractivity contribution in [1.29, 1.82) is 0 Å². The Morgan fingerprint density at radius 2 is 2.12 bits per heavy atom. The van der Waals surface area contributed by atoms with E-state index in [1.54, 1.807) is 16.7 Å². The van der Waals surface area contributed by atoms with Gasteiger partial charge < -0.3 is 0 Å². The summed E-state index contributed by atoms with van der Waals surface area (Å²) in [7, 11) is 0. The minimum atomic E-state index is 0.760. The van der Waals surface area contributed by atoms with Crippen LogP contribution in [0.15, 0.2) is 18.2 Å². The van der Waals surface area contributed by atoms with Crippen molar-refractivity contribution < 1.29 is 0 Å². The molecule has 1 heterocycles. The molecule has 2 rings (SSSR count). The first-order valence-corrected chi connectivity index (χ1v) is 6.52. The molecular weight excluding hydrogens is 194 g/mol. The van der Waals surface area contributed by atoms with Gasteiger partial charge in [0.1, 0.15) is 0 Å². The van der Waals surface area contributed by atoms with E-state index < -0.39 is 0 Å². The number of hydrogen-bond donors (Lipinski definition) is 0. The lowest BCUT2D eigenvalue weighted by Crippen LogP contribution is -2.30. The first-order valence-electron chi connectivity index (χ1n) is 6.52. The number of fused-ring (bicyclic) bond motifs is 1. The smallest absolute Gasteiger partial charge is 0.0236 e. The van der Waals surface area contributed by atoms with Crippen LogP contribution in [0, 0.1) is 5.92 Å². The van der Waals surface area contributed by atoms with Gasteiger partial charge in [-0.25, -0.2) is 0 Å². The molecular formula is C15H23N. The summed E-state index contributed by atoms with van der Waals surface area (Å²) in [5, 5.41) is 0. The predicted molar refractivity (Wildman–Crippen MR) is 69.6 cm³/mol. The van der Waals surface area contributed by atoms with Gasteiger partial charge in [0.05, 0.1) is 0 Å². The Balaban J connectivity index is 2.24. The highest BCUT2D eigenvalue weighted by Crippen LogP contribution is 2.24. The van der Waals surface area contributed by atoms with Crippen LogP contribution in [0.4, 0.5) is 0 Å². The fraction of sp³-hybridized carbons (Fsp3) is 0.600. The largest absolute Gasteiger partial charge is 0.299 e. The van der Waals surface area contributed by atoms with E-state index in [9.17, 15) is 0 Å². The van der Waals surface area contributed by atoms with E-state index in [0.29, 0.717) is 0 Å². The quantitative estimate of drug-likeness (QED) is 0.751. The van der Waals surface area contributed by atoms with Crippen molar-refractivity contribution in [3.63, 3.8) is 0 Å². The Labute approximate surface area is 99.5 Å². The highest BCUT2D eigenvalue weighted by Gasteiger charge is 2.17. The van der Waals surface area contributed by atoms with E-state index in [-0.39, 0.29) is 0 Å². The van der Waals surface area contributed by atoms with Crippen LogP contribution < -0.4 is 0 Å². The van der Waals surface area contributed by atoms with Crippen LogP contribution in [0.3, 0.4) is 0 Å². The standard InChI is InChI=1S/C15H23N/c1-4-16-9-8-15-13(10-12(2)3)6-5-7-14(15)11-16/h5-7,12H,4,8-11H2,1-3H3. The molecule has 0 bridgehead atoms. The summed E-state index contributed by atoms with van der Waals surface area (Å²) < 4.78 is 0. The number of hydrogen-bond acceptors (Lipinski definition) is 1. The van der Waals surface area contributed by atoms with Gasteiger partial charge in [0.2, 0.25) is 0 Å². The lowest BCUT2D eigenvalue weighted by Gasteiger charge is -2.29. The molecule has 1 heteroatoms. The summed E-state index contributed by atoms with van der Waals surface area (Å²) in [4.78, 5) is 2.53. The molecule has 0 unspecified atom stereocenters. The van der Waals surface area contributed by atoms with Crippen molar-refractivity contribution in [1.82, 2.24) is 4.90 Å². The number of nitrogens with zero attached hydrogens (tertiary/aromatic N) is 1. The minimum absolute atomic E-state index is 0.760. The Hall–Kier alpha value is -0.820. The van der Waals surface area contributed by atoms with Gasteiger partial charge in [-0.05, 0) is 42.0 Å². The van der Waals surface area contributed by atoms with Crippen LogP contribution in [0.5, 0.6) is 0 Å². The van der Waals surface area contributed by atoms with E-state index in [4.69, 9.17) is 0 Å². The zero-order valence-corrected chi connectivity index (χ0v) is 10.8. The molecule has 0 saturated heterocycles. The molecule has 0 radical (unpaired) electrons. The zero-order valence-electron chi connectivity index (χ0n) is 10.8. The Bertz CT molecular complexity index is 354. The molecule has 0 spiro atoms. The van der Waals surface area contributed by atoms with Gasteiger partial charge in [-0.1, -0.05) is 39.0 Å². The van der Waals surface area contributed by atoms with Gasteiger partial charge >= 0.3 is 0 Å². The Morgan fingerprint density at radius 3 is 2.81 bits per heavy atom. The summed E-state index contributed by atoms with van der Waals surface area (Å²) in [6.45, 7) is 10.4. The molecule has 0 N–H and O–H groups in total. The van der Waals surface area contributed by atoms with Crippen molar-refractivity contribution in [2.75, 3.05) is 13.1 Å². The van der Waals surface area contributed by atoms with Gasteiger partial charge in [0.25, 0.3) is 0 Å². The molecule has 1 nitrogen and oxygen atoms in total. The molecule has 0 aliphatic carbocycles. The van der Waals surface area contributed by atoms with Crippen molar-refractivity contribution in [3.8, 4) is 0 Å². The second-order valence-corrected chi connectivity index (χ2v) is 5.27. The maximum Gasteiger partial charge on any atom is 0.0236 e. The summed E-state index contributed by atoms with van der Waals surface area (Å²) in [5.41, 5.74) is 4.79. The average molecular weight is 217 g/mol. The van der Waals surface area contributed by atoms with Crippen molar-refractivity contribution >= 4 is 0 Å². The molecule has 1 aliphatic heterocycles. The molecule has 88 valence electrons. The molecule has 1 aromatic carbocycles. The van der Waals surface area contributed by atoms with Crippen molar-refractivity contribution in [2.45, 2.75) is 40.2 Å². The second-order valence-electron chi connectivity index (χ2n) is 5.27. The van der Waals surface area contributed by atoms with Crippen LogP contribution in [-0.2, 0) is 19.4 Å². The van der Waals surface area contributed by atoms with E-state index in [2.05, 4.69) is 43.9 Å². The Kier molecular flexibility index (Phi) is 3.65. The van der Waals surface area contributed by atoms with Crippen LogP contribution in [0.2, 0.25) is 0 Å². The van der Waals surface area contributed by atoms with Gasteiger partial charge in [-0.15, -0.1) is 0 Å². The van der Waals surface area contributed by atoms with Crippen LogP contribution in [-0.4, -0.2) is 18.0 Å². The van der Waals surface area contributed by atoms with Gasteiger partial charge in [0, 0.05) is 13.1 Å². The molecule has 0 amide bonds. The van der Waals surface area contributed by atoms with Gasteiger partial charge in [-0.3, -0.25) is 4.90 Å². The lowest BCUT2D eigenvalue weighted by molar-refractivity contribution is 0.267. The monoisotopic (exact) mass is 217 g/mol. The molecule has 16 heavy (non-hydrogen) atoms. The number of benzene rings is 1. The van der Waals surface area contributed by atoms with Crippen LogP contribution >= 0.6 is 0 Å². The summed E-state index contributed by atoms with van der Waals surface area (Å²) in [5.74, 6) is 0.760. The number of rotatable bonds is 3. The molecule has 0 saturated carbocycles. The highest BCUT2D eigenvalue weighted by atomic mass is 15.1. The zero-order chi connectivity index (χ0) is 11.5.